The van der Waals surface area contributed by atoms with Crippen LogP contribution in [0.15, 0.2) is 76.7 Å². The van der Waals surface area contributed by atoms with E-state index in [1.807, 2.05) is 48.3 Å². The molecule has 1 unspecified atom stereocenters. The maximum absolute atomic E-state index is 12.8. The third-order valence-electron chi connectivity index (χ3n) is 5.40. The van der Waals surface area contributed by atoms with Gasteiger partial charge in [-0.2, -0.15) is 5.10 Å². The van der Waals surface area contributed by atoms with Gasteiger partial charge in [-0.05, 0) is 60.5 Å². The molecule has 0 bridgehead atoms. The van der Waals surface area contributed by atoms with Crippen LogP contribution in [0.4, 0.5) is 5.69 Å². The summed E-state index contributed by atoms with van der Waals surface area (Å²) in [4.78, 5) is 0.227. The van der Waals surface area contributed by atoms with Gasteiger partial charge in [-0.15, -0.1) is 0 Å². The predicted molar refractivity (Wildman–Crippen MR) is 133 cm³/mol. The van der Waals surface area contributed by atoms with Gasteiger partial charge in [0.25, 0.3) is 0 Å². The van der Waals surface area contributed by atoms with E-state index in [1.54, 1.807) is 37.4 Å². The predicted octanol–water partition coefficient (Wildman–Crippen LogP) is 5.60. The van der Waals surface area contributed by atoms with Gasteiger partial charge in [-0.25, -0.2) is 13.1 Å². The highest BCUT2D eigenvalue weighted by atomic mass is 35.5. The fraction of sp³-hybridized carbons (Fsp3) is 0.208. The standard InChI is InChI=1S/C24H23Cl2N3O3S/c1-16-4-3-5-21(12-16)33(30,31)27-15-19-14-24(17-6-9-20(32-2)10-7-17)29(28-19)23-11-8-18(25)13-22(23)26/h3-13,24,27H,14-15H2,1-2H3. The minimum absolute atomic E-state index is 0.0879. The van der Waals surface area contributed by atoms with Gasteiger partial charge in [0.1, 0.15) is 5.75 Å². The molecule has 0 saturated heterocycles. The number of rotatable bonds is 7. The lowest BCUT2D eigenvalue weighted by Gasteiger charge is -2.25. The van der Waals surface area contributed by atoms with Crippen LogP contribution in [0.2, 0.25) is 10.0 Å². The highest BCUT2D eigenvalue weighted by molar-refractivity contribution is 7.89. The SMILES string of the molecule is COc1ccc(C2CC(CNS(=O)(=O)c3cccc(C)c3)=NN2c2ccc(Cl)cc2Cl)cc1. The Balaban J connectivity index is 1.61. The summed E-state index contributed by atoms with van der Waals surface area (Å²) in [5, 5.41) is 7.54. The molecule has 0 spiro atoms. The Labute approximate surface area is 203 Å². The third kappa shape index (κ3) is 5.33. The molecule has 3 aromatic rings. The Morgan fingerprint density at radius 3 is 2.52 bits per heavy atom. The maximum atomic E-state index is 12.8. The van der Waals surface area contributed by atoms with E-state index in [9.17, 15) is 8.42 Å². The fourth-order valence-electron chi connectivity index (χ4n) is 3.70. The van der Waals surface area contributed by atoms with Gasteiger partial charge in [0.2, 0.25) is 10.0 Å². The molecule has 9 heteroatoms. The molecule has 1 N–H and O–H groups in total. The van der Waals surface area contributed by atoms with Crippen LogP contribution < -0.4 is 14.5 Å². The topological polar surface area (TPSA) is 71.0 Å². The lowest BCUT2D eigenvalue weighted by atomic mass is 10.0. The molecule has 3 aromatic carbocycles. The van der Waals surface area contributed by atoms with Crippen LogP contribution in [-0.2, 0) is 10.0 Å². The van der Waals surface area contributed by atoms with Crippen molar-refractivity contribution in [2.24, 2.45) is 5.10 Å². The quantitative estimate of drug-likeness (QED) is 0.455. The van der Waals surface area contributed by atoms with Gasteiger partial charge in [0, 0.05) is 11.4 Å². The summed E-state index contributed by atoms with van der Waals surface area (Å²) in [6.07, 6.45) is 0.529. The number of benzene rings is 3. The number of methoxy groups -OCH3 is 1. The van der Waals surface area contributed by atoms with E-state index in [0.717, 1.165) is 16.9 Å². The molecule has 1 heterocycles. The number of sulfonamides is 1. The summed E-state index contributed by atoms with van der Waals surface area (Å²) in [7, 11) is -2.05. The molecule has 1 aliphatic heterocycles. The zero-order valence-corrected chi connectivity index (χ0v) is 20.5. The smallest absolute Gasteiger partial charge is 0.240 e. The van der Waals surface area contributed by atoms with Gasteiger partial charge >= 0.3 is 0 Å². The average molecular weight is 504 g/mol. The second-order valence-electron chi connectivity index (χ2n) is 7.74. The molecule has 0 aromatic heterocycles. The third-order valence-corrected chi connectivity index (χ3v) is 7.33. The Kier molecular flexibility index (Phi) is 6.95. The number of nitrogens with one attached hydrogen (secondary N) is 1. The van der Waals surface area contributed by atoms with Gasteiger partial charge in [-0.3, -0.25) is 5.01 Å². The van der Waals surface area contributed by atoms with Crippen molar-refractivity contribution in [2.45, 2.75) is 24.3 Å². The van der Waals surface area contributed by atoms with E-state index in [1.165, 1.54) is 0 Å². The van der Waals surface area contributed by atoms with Crippen LogP contribution in [0.5, 0.6) is 5.75 Å². The number of hydrogen-bond acceptors (Lipinski definition) is 5. The van der Waals surface area contributed by atoms with Crippen LogP contribution >= 0.6 is 23.2 Å². The van der Waals surface area contributed by atoms with Crippen molar-refractivity contribution in [1.29, 1.82) is 0 Å². The van der Waals surface area contributed by atoms with Crippen LogP contribution in [0.3, 0.4) is 0 Å². The van der Waals surface area contributed by atoms with Crippen molar-refractivity contribution < 1.29 is 13.2 Å². The molecule has 0 aliphatic carbocycles. The number of ether oxygens (including phenoxy) is 1. The first-order valence-electron chi connectivity index (χ1n) is 10.3. The van der Waals surface area contributed by atoms with Gasteiger partial charge in [0.05, 0.1) is 41.0 Å². The Hall–Kier alpha value is -2.58. The molecular formula is C24H23Cl2N3O3S. The maximum Gasteiger partial charge on any atom is 0.240 e. The summed E-state index contributed by atoms with van der Waals surface area (Å²) in [6, 6.07) is 19.6. The van der Waals surface area contributed by atoms with E-state index in [0.29, 0.717) is 27.9 Å². The van der Waals surface area contributed by atoms with Crippen LogP contribution in [-0.4, -0.2) is 27.8 Å². The van der Waals surface area contributed by atoms with Crippen LogP contribution in [0.25, 0.3) is 0 Å². The summed E-state index contributed by atoms with van der Waals surface area (Å²) < 4.78 is 33.5. The molecule has 33 heavy (non-hydrogen) atoms. The van der Waals surface area contributed by atoms with Crippen molar-refractivity contribution >= 4 is 44.6 Å². The lowest BCUT2D eigenvalue weighted by molar-refractivity contribution is 0.414. The first-order valence-corrected chi connectivity index (χ1v) is 12.5. The summed E-state index contributed by atoms with van der Waals surface area (Å²) in [5.41, 5.74) is 3.26. The first kappa shape index (κ1) is 23.6. The highest BCUT2D eigenvalue weighted by Crippen LogP contribution is 2.39. The molecular weight excluding hydrogens is 481 g/mol. The second kappa shape index (κ2) is 9.73. The largest absolute Gasteiger partial charge is 0.497 e. The summed E-state index contributed by atoms with van der Waals surface area (Å²) >= 11 is 12.6. The Bertz CT molecular complexity index is 1290. The van der Waals surface area contributed by atoms with Crippen LogP contribution in [0, 0.1) is 6.92 Å². The average Bonchev–Trinajstić information content (AvgIpc) is 3.22. The first-order chi connectivity index (χ1) is 15.8. The van der Waals surface area contributed by atoms with E-state index < -0.39 is 10.0 Å². The Morgan fingerprint density at radius 2 is 1.85 bits per heavy atom. The normalized spacial score (nSPS) is 16.1. The van der Waals surface area contributed by atoms with Crippen molar-refractivity contribution in [3.63, 3.8) is 0 Å². The molecule has 6 nitrogen and oxygen atoms in total. The van der Waals surface area contributed by atoms with E-state index in [2.05, 4.69) is 4.72 Å². The minimum atomic E-state index is -3.67. The molecule has 1 atom stereocenters. The molecule has 0 radical (unpaired) electrons. The van der Waals surface area contributed by atoms with E-state index in [-0.39, 0.29) is 17.5 Å². The molecule has 172 valence electrons. The number of hydrogen-bond donors (Lipinski definition) is 1. The number of aryl methyl sites for hydroxylation is 1. The van der Waals surface area contributed by atoms with Gasteiger partial charge in [0.15, 0.2) is 0 Å². The van der Waals surface area contributed by atoms with Crippen molar-refractivity contribution in [2.75, 3.05) is 18.7 Å². The minimum Gasteiger partial charge on any atom is -0.497 e. The molecule has 0 amide bonds. The molecule has 1 aliphatic rings. The van der Waals surface area contributed by atoms with E-state index >= 15 is 0 Å². The number of nitrogens with zero attached hydrogens (tertiary/aromatic N) is 2. The Morgan fingerprint density at radius 1 is 1.09 bits per heavy atom. The zero-order chi connectivity index (χ0) is 23.6. The summed E-state index contributed by atoms with van der Waals surface area (Å²) in [6.45, 7) is 1.94. The summed E-state index contributed by atoms with van der Waals surface area (Å²) in [5.74, 6) is 0.750. The van der Waals surface area contributed by atoms with Crippen LogP contribution in [0.1, 0.15) is 23.6 Å². The number of halogens is 2. The van der Waals surface area contributed by atoms with Crippen molar-refractivity contribution in [3.8, 4) is 5.75 Å². The van der Waals surface area contributed by atoms with Gasteiger partial charge < -0.3 is 4.74 Å². The van der Waals surface area contributed by atoms with E-state index in [4.69, 9.17) is 33.0 Å². The second-order valence-corrected chi connectivity index (χ2v) is 10.4. The molecule has 0 fully saturated rings. The van der Waals surface area contributed by atoms with Crippen molar-refractivity contribution in [3.05, 3.63) is 87.9 Å². The number of anilines is 1. The fourth-order valence-corrected chi connectivity index (χ4v) is 5.32. The monoisotopic (exact) mass is 503 g/mol. The lowest BCUT2D eigenvalue weighted by Crippen LogP contribution is -2.29. The van der Waals surface area contributed by atoms with Crippen molar-refractivity contribution in [1.82, 2.24) is 4.72 Å². The van der Waals surface area contributed by atoms with Gasteiger partial charge in [-0.1, -0.05) is 47.5 Å². The zero-order valence-electron chi connectivity index (χ0n) is 18.1. The highest BCUT2D eigenvalue weighted by Gasteiger charge is 2.31. The number of hydrazone groups is 1. The molecule has 0 saturated carbocycles. The molecule has 4 rings (SSSR count).